The van der Waals surface area contributed by atoms with Crippen molar-refractivity contribution in [3.05, 3.63) is 40.8 Å². The highest BCUT2D eigenvalue weighted by molar-refractivity contribution is 5.81. The molecule has 3 atom stereocenters. The van der Waals surface area contributed by atoms with E-state index >= 15 is 0 Å². The highest BCUT2D eigenvalue weighted by Crippen LogP contribution is 2.60. The van der Waals surface area contributed by atoms with E-state index in [1.807, 2.05) is 27.7 Å². The molecular weight excluding hydrogens is 371 g/mol. The second kappa shape index (κ2) is 8.44. The van der Waals surface area contributed by atoms with Gasteiger partial charge >= 0.3 is 5.97 Å². The number of nitrogens with one attached hydrogen (secondary N) is 1. The highest BCUT2D eigenvalue weighted by Gasteiger charge is 2.63. The van der Waals surface area contributed by atoms with E-state index in [4.69, 9.17) is 4.74 Å². The van der Waals surface area contributed by atoms with Crippen molar-refractivity contribution < 1.29 is 19.0 Å². The molecule has 1 aliphatic rings. The van der Waals surface area contributed by atoms with Crippen molar-refractivity contribution in [1.29, 1.82) is 5.26 Å². The monoisotopic (exact) mass is 402 g/mol. The third kappa shape index (κ3) is 3.48. The van der Waals surface area contributed by atoms with E-state index in [-0.39, 0.29) is 5.75 Å². The zero-order chi connectivity index (χ0) is 22.0. The largest absolute Gasteiger partial charge is 0.496 e. The molecule has 158 valence electrons. The summed E-state index contributed by atoms with van der Waals surface area (Å²) in [5, 5.41) is 24.1. The molecule has 0 fully saturated rings. The smallest absolute Gasteiger partial charge is 0.313 e. The second-order valence-electron chi connectivity index (χ2n) is 8.37. The molecule has 3 unspecified atom stereocenters. The minimum atomic E-state index is -1.33. The van der Waals surface area contributed by atoms with Gasteiger partial charge in [0.1, 0.15) is 17.0 Å². The number of methoxy groups -OCH3 is 1. The number of carbonyl (C=O) groups is 1. The van der Waals surface area contributed by atoms with Crippen LogP contribution in [0.1, 0.15) is 65.4 Å². The Kier molecular flexibility index (Phi) is 6.62. The van der Waals surface area contributed by atoms with E-state index in [0.717, 1.165) is 6.42 Å². The average molecular weight is 403 g/mol. The van der Waals surface area contributed by atoms with Gasteiger partial charge in [0.25, 0.3) is 0 Å². The van der Waals surface area contributed by atoms with Crippen molar-refractivity contribution in [1.82, 2.24) is 5.32 Å². The van der Waals surface area contributed by atoms with Gasteiger partial charge in [0, 0.05) is 29.3 Å². The third-order valence-electron chi connectivity index (χ3n) is 6.65. The van der Waals surface area contributed by atoms with Crippen molar-refractivity contribution in [3.63, 3.8) is 0 Å². The molecule has 0 aromatic heterocycles. The number of halogens is 1. The number of benzene rings is 1. The van der Waals surface area contributed by atoms with E-state index in [1.54, 1.807) is 13.0 Å². The van der Waals surface area contributed by atoms with Gasteiger partial charge in [-0.05, 0) is 31.2 Å². The number of carboxylic acids is 1. The summed E-state index contributed by atoms with van der Waals surface area (Å²) in [6.45, 7) is 9.65. The number of hydrogen-bond acceptors (Lipinski definition) is 4. The van der Waals surface area contributed by atoms with E-state index < -0.39 is 34.6 Å². The Balaban J connectivity index is 3.01. The van der Waals surface area contributed by atoms with Crippen molar-refractivity contribution in [2.24, 2.45) is 10.8 Å². The van der Waals surface area contributed by atoms with Crippen LogP contribution in [0, 0.1) is 28.0 Å². The average Bonchev–Trinajstić information content (AvgIpc) is 2.67. The van der Waals surface area contributed by atoms with E-state index in [0.29, 0.717) is 29.7 Å². The first-order valence-corrected chi connectivity index (χ1v) is 10.1. The summed E-state index contributed by atoms with van der Waals surface area (Å²) >= 11 is 0. The van der Waals surface area contributed by atoms with E-state index in [2.05, 4.69) is 11.4 Å². The Hall–Kier alpha value is -2.55. The Labute approximate surface area is 172 Å². The standard InChI is InChI=1S/C23H31FN2O3/c1-7-9-19-23(21(27)28,22(4,5)8-2)20(17(13-25)14(3)26-19)16-11-10-15(24)12-18(16)29-6/h10-12,19-20,26H,7-9H2,1-6H3,(H,27,28). The predicted octanol–water partition coefficient (Wildman–Crippen LogP) is 4.99. The number of rotatable bonds is 7. The molecule has 2 N–H and O–H groups in total. The maximum absolute atomic E-state index is 13.9. The van der Waals surface area contributed by atoms with Gasteiger partial charge in [0.15, 0.2) is 0 Å². The Morgan fingerprint density at radius 3 is 2.55 bits per heavy atom. The van der Waals surface area contributed by atoms with Gasteiger partial charge in [0.2, 0.25) is 0 Å². The molecule has 0 spiro atoms. The van der Waals surface area contributed by atoms with Crippen molar-refractivity contribution in [2.75, 3.05) is 7.11 Å². The lowest BCUT2D eigenvalue weighted by Crippen LogP contribution is -2.63. The molecule has 0 saturated heterocycles. The van der Waals surface area contributed by atoms with Crippen LogP contribution in [0.3, 0.4) is 0 Å². The maximum Gasteiger partial charge on any atom is 0.313 e. The molecule has 29 heavy (non-hydrogen) atoms. The molecule has 0 aliphatic carbocycles. The first kappa shape index (κ1) is 22.7. The summed E-state index contributed by atoms with van der Waals surface area (Å²) < 4.78 is 19.4. The van der Waals surface area contributed by atoms with Crippen LogP contribution in [0.4, 0.5) is 4.39 Å². The fourth-order valence-corrected chi connectivity index (χ4v) is 4.88. The lowest BCUT2D eigenvalue weighted by atomic mass is 9.49. The number of ether oxygens (including phenoxy) is 1. The second-order valence-corrected chi connectivity index (χ2v) is 8.37. The van der Waals surface area contributed by atoms with Crippen LogP contribution in [0.15, 0.2) is 29.5 Å². The van der Waals surface area contributed by atoms with Crippen molar-refractivity contribution in [3.8, 4) is 11.8 Å². The summed E-state index contributed by atoms with van der Waals surface area (Å²) in [6.07, 6.45) is 2.01. The molecule has 0 saturated carbocycles. The lowest BCUT2D eigenvalue weighted by molar-refractivity contribution is -0.164. The van der Waals surface area contributed by atoms with Crippen LogP contribution in [0.25, 0.3) is 0 Å². The molecule has 0 bridgehead atoms. The van der Waals surface area contributed by atoms with Gasteiger partial charge in [-0.25, -0.2) is 4.39 Å². The molecule has 1 aromatic rings. The molecule has 0 amide bonds. The maximum atomic E-state index is 13.9. The third-order valence-corrected chi connectivity index (χ3v) is 6.65. The minimum Gasteiger partial charge on any atom is -0.496 e. The van der Waals surface area contributed by atoms with Crippen molar-refractivity contribution in [2.45, 2.75) is 65.8 Å². The molecular formula is C23H31FN2O3. The molecule has 1 heterocycles. The van der Waals surface area contributed by atoms with Crippen LogP contribution >= 0.6 is 0 Å². The quantitative estimate of drug-likeness (QED) is 0.671. The number of hydrogen-bond donors (Lipinski definition) is 2. The van der Waals surface area contributed by atoms with Crippen molar-refractivity contribution >= 4 is 5.97 Å². The Morgan fingerprint density at radius 2 is 2.07 bits per heavy atom. The van der Waals surface area contributed by atoms with Crippen LogP contribution < -0.4 is 10.1 Å². The number of allylic oxidation sites excluding steroid dienone is 2. The fourth-order valence-electron chi connectivity index (χ4n) is 4.88. The first-order valence-electron chi connectivity index (χ1n) is 10.1. The minimum absolute atomic E-state index is 0.255. The molecule has 0 radical (unpaired) electrons. The Morgan fingerprint density at radius 1 is 1.41 bits per heavy atom. The molecule has 5 nitrogen and oxygen atoms in total. The molecule has 1 aromatic carbocycles. The summed E-state index contributed by atoms with van der Waals surface area (Å²) in [5.41, 5.74) is -0.458. The van der Waals surface area contributed by atoms with Gasteiger partial charge in [-0.3, -0.25) is 4.79 Å². The molecule has 1 aliphatic heterocycles. The highest BCUT2D eigenvalue weighted by atomic mass is 19.1. The summed E-state index contributed by atoms with van der Waals surface area (Å²) in [4.78, 5) is 13.1. The summed E-state index contributed by atoms with van der Waals surface area (Å²) in [6, 6.07) is 5.95. The lowest BCUT2D eigenvalue weighted by Gasteiger charge is -2.55. The zero-order valence-corrected chi connectivity index (χ0v) is 18.1. The van der Waals surface area contributed by atoms with Gasteiger partial charge in [-0.2, -0.15) is 5.26 Å². The van der Waals surface area contributed by atoms with Crippen LogP contribution in [0.5, 0.6) is 5.75 Å². The number of aliphatic carboxylic acids is 1. The Bertz CT molecular complexity index is 856. The fraction of sp³-hybridized carbons (Fsp3) is 0.565. The molecule has 2 rings (SSSR count). The SMILES string of the molecule is CCCC1NC(C)=C(C#N)C(c2ccc(F)cc2OC)C1(C(=O)O)C(C)(C)CC. The number of nitrogens with zero attached hydrogens (tertiary/aromatic N) is 1. The van der Waals surface area contributed by atoms with Gasteiger partial charge in [-0.1, -0.05) is 40.2 Å². The number of carboxylic acid groups (broad SMARTS) is 1. The summed E-state index contributed by atoms with van der Waals surface area (Å²) in [7, 11) is 1.43. The van der Waals surface area contributed by atoms with E-state index in [9.17, 15) is 19.6 Å². The normalized spacial score (nSPS) is 24.6. The van der Waals surface area contributed by atoms with Crippen LogP contribution in [-0.2, 0) is 4.79 Å². The van der Waals surface area contributed by atoms with Gasteiger partial charge in [-0.15, -0.1) is 0 Å². The first-order chi connectivity index (χ1) is 13.6. The molecule has 6 heteroatoms. The van der Waals surface area contributed by atoms with Gasteiger partial charge in [0.05, 0.1) is 18.8 Å². The zero-order valence-electron chi connectivity index (χ0n) is 18.1. The van der Waals surface area contributed by atoms with Crippen LogP contribution in [0.2, 0.25) is 0 Å². The summed E-state index contributed by atoms with van der Waals surface area (Å²) in [5.74, 6) is -1.95. The number of nitriles is 1. The predicted molar refractivity (Wildman–Crippen MR) is 110 cm³/mol. The topological polar surface area (TPSA) is 82.3 Å². The van der Waals surface area contributed by atoms with E-state index in [1.165, 1.54) is 19.2 Å². The van der Waals surface area contributed by atoms with Gasteiger partial charge < -0.3 is 15.2 Å². The van der Waals surface area contributed by atoms with Crippen LogP contribution in [-0.4, -0.2) is 24.2 Å².